The van der Waals surface area contributed by atoms with E-state index in [1.165, 1.54) is 25.1 Å². The summed E-state index contributed by atoms with van der Waals surface area (Å²) in [6.45, 7) is 2.21. The van der Waals surface area contributed by atoms with Crippen LogP contribution >= 0.6 is 0 Å². The Morgan fingerprint density at radius 3 is 2.46 bits per heavy atom. The summed E-state index contributed by atoms with van der Waals surface area (Å²) in [5.41, 5.74) is -2.97. The highest BCUT2D eigenvalue weighted by Gasteiger charge is 2.54. The largest absolute Gasteiger partial charge is 0.381 e. The minimum atomic E-state index is -3.02. The van der Waals surface area contributed by atoms with Gasteiger partial charge < -0.3 is 20.5 Å². The quantitative estimate of drug-likeness (QED) is 0.431. The fraction of sp³-hybridized carbons (Fsp3) is 0.538. The van der Waals surface area contributed by atoms with Crippen molar-refractivity contribution < 1.29 is 26.7 Å². The van der Waals surface area contributed by atoms with Crippen LogP contribution in [0.1, 0.15) is 79.4 Å². The van der Waals surface area contributed by atoms with Crippen LogP contribution in [0.2, 0.25) is 0 Å². The number of amides is 1. The Morgan fingerprint density at radius 1 is 1.14 bits per heavy atom. The molecule has 2 heterocycles. The van der Waals surface area contributed by atoms with Gasteiger partial charge in [-0.25, -0.2) is 22.0 Å². The van der Waals surface area contributed by atoms with E-state index in [-0.39, 0.29) is 41.2 Å². The lowest BCUT2D eigenvalue weighted by Crippen LogP contribution is -2.45. The van der Waals surface area contributed by atoms with Gasteiger partial charge in [0.2, 0.25) is 0 Å². The van der Waals surface area contributed by atoms with Gasteiger partial charge in [0.1, 0.15) is 11.4 Å². The molecule has 1 aliphatic heterocycles. The number of halogens is 5. The van der Waals surface area contributed by atoms with Crippen LogP contribution in [0.5, 0.6) is 0 Å². The number of benzene rings is 1. The molecular weight excluding hydrogens is 495 g/mol. The van der Waals surface area contributed by atoms with Gasteiger partial charge in [0.25, 0.3) is 24.3 Å². The Balaban J connectivity index is 1.46. The number of nitrogens with zero attached hydrogens (tertiary/aromatic N) is 1. The number of alkyl halides is 4. The molecule has 3 aliphatic rings. The van der Waals surface area contributed by atoms with E-state index in [9.17, 15) is 31.5 Å². The third-order valence-corrected chi connectivity index (χ3v) is 7.90. The summed E-state index contributed by atoms with van der Waals surface area (Å²) in [5.74, 6) is -1.85. The van der Waals surface area contributed by atoms with Gasteiger partial charge in [0, 0.05) is 29.4 Å². The molecule has 0 radical (unpaired) electrons. The molecule has 1 saturated heterocycles. The monoisotopic (exact) mass is 524 g/mol. The van der Waals surface area contributed by atoms with Crippen LogP contribution in [0.4, 0.5) is 27.6 Å². The van der Waals surface area contributed by atoms with Crippen molar-refractivity contribution >= 4 is 11.6 Å². The molecule has 1 amide bonds. The zero-order chi connectivity index (χ0) is 26.5. The molecule has 2 saturated carbocycles. The highest BCUT2D eigenvalue weighted by atomic mass is 19.3. The van der Waals surface area contributed by atoms with Crippen LogP contribution in [0, 0.1) is 5.82 Å². The summed E-state index contributed by atoms with van der Waals surface area (Å²) in [7, 11) is 0. The molecule has 1 aromatic carbocycles. The summed E-state index contributed by atoms with van der Waals surface area (Å²) in [5, 5.41) is 9.35. The Kier molecular flexibility index (Phi) is 6.54. The highest BCUT2D eigenvalue weighted by Crippen LogP contribution is 2.48. The van der Waals surface area contributed by atoms with Crippen LogP contribution in [0.25, 0.3) is 0 Å². The maximum absolute atomic E-state index is 14.7. The number of pyridine rings is 1. The third kappa shape index (κ3) is 4.85. The lowest BCUT2D eigenvalue weighted by Gasteiger charge is -2.32. The van der Waals surface area contributed by atoms with Gasteiger partial charge in [-0.3, -0.25) is 9.59 Å². The molecule has 2 aromatic rings. The van der Waals surface area contributed by atoms with Gasteiger partial charge in [0.05, 0.1) is 22.9 Å². The van der Waals surface area contributed by atoms with Crippen molar-refractivity contribution in [2.45, 2.75) is 81.5 Å². The average Bonchev–Trinajstić information content (AvgIpc) is 3.77. The number of nitrogens with one attached hydrogen (secondary N) is 3. The van der Waals surface area contributed by atoms with Crippen molar-refractivity contribution in [3.8, 4) is 0 Å². The Labute approximate surface area is 210 Å². The first kappa shape index (κ1) is 25.7. The number of hydrogen-bond donors (Lipinski definition) is 3. The molecule has 3 fully saturated rings. The topological polar surface area (TPSA) is 75.2 Å². The van der Waals surface area contributed by atoms with Gasteiger partial charge >= 0.3 is 0 Å². The van der Waals surface area contributed by atoms with Crippen LogP contribution in [0.15, 0.2) is 35.3 Å². The van der Waals surface area contributed by atoms with Gasteiger partial charge in [-0.05, 0) is 52.0 Å². The second-order valence-electron chi connectivity index (χ2n) is 10.5. The molecule has 5 rings (SSSR count). The maximum Gasteiger partial charge on any atom is 0.266 e. The lowest BCUT2D eigenvalue weighted by molar-refractivity contribution is 0.0648. The number of hydrogen-bond acceptors (Lipinski definition) is 4. The van der Waals surface area contributed by atoms with Gasteiger partial charge in [0.15, 0.2) is 0 Å². The SMILES string of the molecule is C[C@@H](NC(=O)c1cn(C2(C(F)F)CC2)c(=O)cc1NC1CCNC2(CC2)C1)c1cccc(C(F)F)c1F. The van der Waals surface area contributed by atoms with Crippen LogP contribution in [-0.4, -0.2) is 35.0 Å². The van der Waals surface area contributed by atoms with Crippen LogP contribution < -0.4 is 21.5 Å². The van der Waals surface area contributed by atoms with Gasteiger partial charge in [-0.15, -0.1) is 0 Å². The normalized spacial score (nSPS) is 22.2. The summed E-state index contributed by atoms with van der Waals surface area (Å²) in [4.78, 5) is 26.3. The number of carbonyl (C=O) groups is 1. The summed E-state index contributed by atoms with van der Waals surface area (Å²) < 4.78 is 69.6. The molecule has 6 nitrogen and oxygen atoms in total. The average molecular weight is 525 g/mol. The van der Waals surface area contributed by atoms with Crippen molar-refractivity contribution in [1.29, 1.82) is 0 Å². The molecule has 1 aromatic heterocycles. The van der Waals surface area contributed by atoms with Gasteiger partial charge in [-0.2, -0.15) is 0 Å². The molecule has 1 unspecified atom stereocenters. The van der Waals surface area contributed by atoms with E-state index in [4.69, 9.17) is 0 Å². The van der Waals surface area contributed by atoms with E-state index in [1.807, 2.05) is 0 Å². The number of rotatable bonds is 8. The van der Waals surface area contributed by atoms with E-state index in [2.05, 4.69) is 16.0 Å². The number of piperidine rings is 1. The fourth-order valence-electron chi connectivity index (χ4n) is 5.33. The molecule has 1 spiro atoms. The standard InChI is InChI=1S/C26H29F5N4O2/c1-14(16-3-2-4-17(21(16)27)22(28)29)33-23(37)18-13-35(26(8-9-26)24(30)31)20(36)11-19(18)34-15-5-10-32-25(12-15)6-7-25/h2-4,11,13-15,22,24,32,34H,5-10,12H2,1H3,(H,33,37)/t14-,15?/m1/s1. The number of aromatic nitrogens is 1. The summed E-state index contributed by atoms with van der Waals surface area (Å²) in [6, 6.07) is 3.68. The third-order valence-electron chi connectivity index (χ3n) is 7.90. The zero-order valence-electron chi connectivity index (χ0n) is 20.3. The minimum Gasteiger partial charge on any atom is -0.381 e. The van der Waals surface area contributed by atoms with Crippen molar-refractivity contribution in [3.05, 3.63) is 63.3 Å². The van der Waals surface area contributed by atoms with Crippen LogP contribution in [-0.2, 0) is 5.54 Å². The molecular formula is C26H29F5N4O2. The Bertz CT molecular complexity index is 1260. The minimum absolute atomic E-state index is 0.0341. The zero-order valence-corrected chi connectivity index (χ0v) is 20.3. The first-order valence-corrected chi connectivity index (χ1v) is 12.5. The van der Waals surface area contributed by atoms with Crippen molar-refractivity contribution in [3.63, 3.8) is 0 Å². The smallest absolute Gasteiger partial charge is 0.266 e. The first-order valence-electron chi connectivity index (χ1n) is 12.5. The molecule has 2 aliphatic carbocycles. The molecule has 37 heavy (non-hydrogen) atoms. The van der Waals surface area contributed by atoms with E-state index in [0.29, 0.717) is 0 Å². The summed E-state index contributed by atoms with van der Waals surface area (Å²) in [6.07, 6.45) is -0.833. The maximum atomic E-state index is 14.7. The predicted molar refractivity (Wildman–Crippen MR) is 128 cm³/mol. The highest BCUT2D eigenvalue weighted by molar-refractivity contribution is 5.99. The number of carbonyl (C=O) groups excluding carboxylic acids is 1. The molecule has 3 N–H and O–H groups in total. The summed E-state index contributed by atoms with van der Waals surface area (Å²) >= 11 is 0. The lowest BCUT2D eigenvalue weighted by atomic mass is 9.97. The fourth-order valence-corrected chi connectivity index (χ4v) is 5.33. The molecule has 2 atom stereocenters. The van der Waals surface area contributed by atoms with E-state index < -0.39 is 47.3 Å². The predicted octanol–water partition coefficient (Wildman–Crippen LogP) is 4.87. The second-order valence-corrected chi connectivity index (χ2v) is 10.5. The molecule has 11 heteroatoms. The first-order chi connectivity index (χ1) is 17.5. The Morgan fingerprint density at radius 2 is 1.84 bits per heavy atom. The number of anilines is 1. The van der Waals surface area contributed by atoms with Crippen LogP contribution in [0.3, 0.4) is 0 Å². The molecule has 200 valence electrons. The van der Waals surface area contributed by atoms with Crippen molar-refractivity contribution in [2.75, 3.05) is 11.9 Å². The van der Waals surface area contributed by atoms with E-state index in [1.54, 1.807) is 0 Å². The van der Waals surface area contributed by atoms with Gasteiger partial charge in [-0.1, -0.05) is 18.2 Å². The van der Waals surface area contributed by atoms with Crippen molar-refractivity contribution in [2.24, 2.45) is 0 Å². The molecule has 0 bridgehead atoms. The van der Waals surface area contributed by atoms with E-state index >= 15 is 0 Å². The Hall–Kier alpha value is -2.95. The second kappa shape index (κ2) is 9.41. The van der Waals surface area contributed by atoms with Crippen molar-refractivity contribution in [1.82, 2.24) is 15.2 Å². The van der Waals surface area contributed by atoms with E-state index in [0.717, 1.165) is 49.1 Å².